The zero-order valence-corrected chi connectivity index (χ0v) is 18.7. The summed E-state index contributed by atoms with van der Waals surface area (Å²) < 4.78 is 20.2. The molecule has 174 valence electrons. The molecule has 2 saturated heterocycles. The number of anilines is 1. The molecule has 3 aromatic rings. The fourth-order valence-electron chi connectivity index (χ4n) is 5.63. The summed E-state index contributed by atoms with van der Waals surface area (Å²) in [6.45, 7) is 2.01. The number of benzene rings is 3. The highest BCUT2D eigenvalue weighted by Gasteiger charge is 2.74. The molecule has 3 aromatic carbocycles. The molecule has 3 atom stereocenters. The first-order valence-electron chi connectivity index (χ1n) is 11.5. The minimum atomic E-state index is -2.14. The van der Waals surface area contributed by atoms with Crippen molar-refractivity contribution in [2.75, 3.05) is 4.90 Å². The highest BCUT2D eigenvalue weighted by Crippen LogP contribution is 2.57. The molecule has 3 aliphatic rings. The minimum absolute atomic E-state index is 0.0556. The fourth-order valence-corrected chi connectivity index (χ4v) is 5.63. The summed E-state index contributed by atoms with van der Waals surface area (Å²) in [4.78, 5) is 55.8. The monoisotopic (exact) mass is 469 g/mol. The Morgan fingerprint density at radius 1 is 0.857 bits per heavy atom. The van der Waals surface area contributed by atoms with Crippen molar-refractivity contribution in [3.63, 3.8) is 0 Å². The first kappa shape index (κ1) is 21.6. The van der Waals surface area contributed by atoms with Gasteiger partial charge in [-0.2, -0.15) is 0 Å². The summed E-state index contributed by atoms with van der Waals surface area (Å²) >= 11 is 0. The Labute approximate surface area is 200 Å². The van der Waals surface area contributed by atoms with Crippen molar-refractivity contribution in [2.45, 2.75) is 25.0 Å². The largest absolute Gasteiger partial charge is 0.349 e. The van der Waals surface area contributed by atoms with Gasteiger partial charge in [0.2, 0.25) is 29.0 Å². The molecule has 2 aliphatic heterocycles. The molecule has 6 nitrogen and oxygen atoms in total. The SMILES string of the molecule is CCc1ccc([C@@H]2OC3(C(=O)c4ccccc4C3=O)[C@H]3C(=O)N(c4cccc(F)c4)C(=O)[C@H]23)cc1. The van der Waals surface area contributed by atoms with Gasteiger partial charge >= 0.3 is 0 Å². The Hall–Kier alpha value is -3.97. The summed E-state index contributed by atoms with van der Waals surface area (Å²) in [7, 11) is 0. The molecule has 1 aliphatic carbocycles. The van der Waals surface area contributed by atoms with Crippen LogP contribution < -0.4 is 4.90 Å². The van der Waals surface area contributed by atoms with Gasteiger partial charge in [0, 0.05) is 11.1 Å². The molecule has 0 unspecified atom stereocenters. The van der Waals surface area contributed by atoms with Crippen LogP contribution in [0.15, 0.2) is 72.8 Å². The van der Waals surface area contributed by atoms with Crippen molar-refractivity contribution in [2.24, 2.45) is 11.8 Å². The van der Waals surface area contributed by atoms with Crippen molar-refractivity contribution >= 4 is 29.1 Å². The second kappa shape index (κ2) is 7.52. The van der Waals surface area contributed by atoms with Gasteiger partial charge < -0.3 is 4.74 Å². The molecule has 0 saturated carbocycles. The van der Waals surface area contributed by atoms with Crippen LogP contribution in [0, 0.1) is 17.7 Å². The Kier molecular flexibility index (Phi) is 4.63. The number of fused-ring (bicyclic) bond motifs is 3. The lowest BCUT2D eigenvalue weighted by molar-refractivity contribution is -0.127. The van der Waals surface area contributed by atoms with Gasteiger partial charge in [-0.15, -0.1) is 0 Å². The molecule has 1 spiro atoms. The summed E-state index contributed by atoms with van der Waals surface area (Å²) in [5.41, 5.74) is -0.0935. The molecule has 7 heteroatoms. The van der Waals surface area contributed by atoms with Gasteiger partial charge in [-0.3, -0.25) is 19.2 Å². The Bertz CT molecular complexity index is 1390. The number of imide groups is 1. The van der Waals surface area contributed by atoms with Gasteiger partial charge in [0.1, 0.15) is 5.82 Å². The first-order valence-corrected chi connectivity index (χ1v) is 11.5. The number of hydrogen-bond donors (Lipinski definition) is 0. The fraction of sp³-hybridized carbons (Fsp3) is 0.214. The molecule has 6 rings (SSSR count). The lowest BCUT2D eigenvalue weighted by atomic mass is 9.77. The predicted octanol–water partition coefficient (Wildman–Crippen LogP) is 4.08. The average molecular weight is 469 g/mol. The number of amides is 2. The van der Waals surface area contributed by atoms with Crippen LogP contribution in [0.3, 0.4) is 0 Å². The lowest BCUT2D eigenvalue weighted by Crippen LogP contribution is -2.51. The van der Waals surface area contributed by atoms with E-state index in [4.69, 9.17) is 4.74 Å². The standard InChI is InChI=1S/C28H20FNO5/c1-2-15-10-12-16(13-11-15)23-21-22(27(34)30(26(21)33)18-7-5-6-17(29)14-18)28(35-23)24(31)19-8-3-4-9-20(19)25(28)32/h3-14,21-23H,2H2,1H3/t21-,22+,23-/m0/s1. The summed E-state index contributed by atoms with van der Waals surface area (Å²) in [6, 6.07) is 18.8. The van der Waals surface area contributed by atoms with Crippen LogP contribution in [0.5, 0.6) is 0 Å². The lowest BCUT2D eigenvalue weighted by Gasteiger charge is -2.27. The Balaban J connectivity index is 1.53. The van der Waals surface area contributed by atoms with E-state index in [2.05, 4.69) is 0 Å². The van der Waals surface area contributed by atoms with Crippen LogP contribution in [0.1, 0.15) is 44.9 Å². The maximum Gasteiger partial charge on any atom is 0.241 e. The van der Waals surface area contributed by atoms with E-state index in [1.54, 1.807) is 24.3 Å². The number of Topliss-reactive ketones (excluding diaryl/α,β-unsaturated/α-hetero) is 2. The first-order chi connectivity index (χ1) is 16.9. The van der Waals surface area contributed by atoms with Crippen molar-refractivity contribution in [3.8, 4) is 0 Å². The zero-order chi connectivity index (χ0) is 24.5. The third-order valence-corrected chi connectivity index (χ3v) is 7.30. The Morgan fingerprint density at radius 3 is 2.11 bits per heavy atom. The van der Waals surface area contributed by atoms with Crippen LogP contribution in [0.4, 0.5) is 10.1 Å². The molecular formula is C28H20FNO5. The van der Waals surface area contributed by atoms with Gasteiger partial charge in [0.15, 0.2) is 0 Å². The number of nitrogens with zero attached hydrogens (tertiary/aromatic N) is 1. The second-order valence-corrected chi connectivity index (χ2v) is 9.07. The van der Waals surface area contributed by atoms with E-state index >= 15 is 0 Å². The highest BCUT2D eigenvalue weighted by atomic mass is 19.1. The summed E-state index contributed by atoms with van der Waals surface area (Å²) in [6.07, 6.45) is -0.193. The second-order valence-electron chi connectivity index (χ2n) is 9.07. The van der Waals surface area contributed by atoms with Crippen molar-refractivity contribution in [3.05, 3.63) is 101 Å². The third kappa shape index (κ3) is 2.79. The quantitative estimate of drug-likeness (QED) is 0.427. The van der Waals surface area contributed by atoms with Crippen LogP contribution in [-0.2, 0) is 20.7 Å². The minimum Gasteiger partial charge on any atom is -0.349 e. The Morgan fingerprint density at radius 2 is 1.51 bits per heavy atom. The van der Waals surface area contributed by atoms with E-state index in [9.17, 15) is 23.6 Å². The number of ketones is 2. The van der Waals surface area contributed by atoms with E-state index in [1.165, 1.54) is 30.3 Å². The molecule has 0 radical (unpaired) electrons. The molecule has 0 bridgehead atoms. The van der Waals surface area contributed by atoms with E-state index in [1.807, 2.05) is 19.1 Å². The van der Waals surface area contributed by atoms with E-state index in [0.717, 1.165) is 23.0 Å². The molecule has 2 amide bonds. The number of hydrogen-bond acceptors (Lipinski definition) is 5. The van der Waals surface area contributed by atoms with Crippen LogP contribution >= 0.6 is 0 Å². The van der Waals surface area contributed by atoms with E-state index < -0.39 is 52.7 Å². The smallest absolute Gasteiger partial charge is 0.241 e. The zero-order valence-electron chi connectivity index (χ0n) is 18.7. The van der Waals surface area contributed by atoms with E-state index in [0.29, 0.717) is 5.56 Å². The molecule has 0 N–H and O–H groups in total. The molecule has 35 heavy (non-hydrogen) atoms. The van der Waals surface area contributed by atoms with Gasteiger partial charge in [-0.25, -0.2) is 9.29 Å². The maximum atomic E-state index is 14.0. The maximum absolute atomic E-state index is 14.0. The van der Waals surface area contributed by atoms with Gasteiger partial charge in [0.05, 0.1) is 23.6 Å². The molecule has 0 aromatic heterocycles. The highest BCUT2D eigenvalue weighted by molar-refractivity contribution is 6.37. The normalized spacial score (nSPS) is 24.4. The topological polar surface area (TPSA) is 80.8 Å². The van der Waals surface area contributed by atoms with Crippen LogP contribution in [0.2, 0.25) is 0 Å². The van der Waals surface area contributed by atoms with Crippen molar-refractivity contribution in [1.29, 1.82) is 0 Å². The number of carbonyl (C=O) groups excluding carboxylic acids is 4. The number of carbonyl (C=O) groups is 4. The van der Waals surface area contributed by atoms with Crippen molar-refractivity contribution in [1.82, 2.24) is 0 Å². The van der Waals surface area contributed by atoms with Gasteiger partial charge in [0.25, 0.3) is 0 Å². The number of halogens is 1. The van der Waals surface area contributed by atoms with Crippen LogP contribution in [-0.4, -0.2) is 29.0 Å². The number of ether oxygens (including phenoxy) is 1. The van der Waals surface area contributed by atoms with Gasteiger partial charge in [-0.05, 0) is 35.7 Å². The van der Waals surface area contributed by atoms with E-state index in [-0.39, 0.29) is 16.8 Å². The average Bonchev–Trinajstić information content (AvgIpc) is 3.44. The predicted molar refractivity (Wildman–Crippen MR) is 123 cm³/mol. The number of rotatable bonds is 3. The molecule has 2 heterocycles. The van der Waals surface area contributed by atoms with Gasteiger partial charge in [-0.1, -0.05) is 61.5 Å². The summed E-state index contributed by atoms with van der Waals surface area (Å²) in [5, 5.41) is 0. The van der Waals surface area contributed by atoms with Crippen molar-refractivity contribution < 1.29 is 28.3 Å². The third-order valence-electron chi connectivity index (χ3n) is 7.30. The number of aryl methyl sites for hydroxylation is 1. The summed E-state index contributed by atoms with van der Waals surface area (Å²) in [5.74, 6) is -5.69. The molecular weight excluding hydrogens is 449 g/mol. The van der Waals surface area contributed by atoms with Crippen LogP contribution in [0.25, 0.3) is 0 Å². The molecule has 2 fully saturated rings.